The Morgan fingerprint density at radius 3 is 2.86 bits per heavy atom. The molecule has 0 aliphatic heterocycles. The van der Waals surface area contributed by atoms with E-state index < -0.39 is 17.8 Å². The molecule has 2 aromatic rings. The van der Waals surface area contributed by atoms with Crippen molar-refractivity contribution in [1.29, 1.82) is 0 Å². The Hall–Kier alpha value is -2.90. The van der Waals surface area contributed by atoms with E-state index in [1.807, 2.05) is 0 Å². The van der Waals surface area contributed by atoms with Gasteiger partial charge in [0.15, 0.2) is 0 Å². The van der Waals surface area contributed by atoms with Crippen LogP contribution in [0.4, 0.5) is 14.9 Å². The van der Waals surface area contributed by atoms with Gasteiger partial charge in [0.1, 0.15) is 5.82 Å². The number of hydrogen-bond donors (Lipinski definition) is 4. The Morgan fingerprint density at radius 2 is 2.19 bits per heavy atom. The van der Waals surface area contributed by atoms with Crippen molar-refractivity contribution in [3.63, 3.8) is 0 Å². The van der Waals surface area contributed by atoms with Gasteiger partial charge in [0.2, 0.25) is 0 Å². The van der Waals surface area contributed by atoms with Crippen molar-refractivity contribution in [3.8, 4) is 0 Å². The lowest BCUT2D eigenvalue weighted by molar-refractivity contribution is 0.0697. The molecular formula is C13H13FN4O3. The van der Waals surface area contributed by atoms with E-state index in [0.717, 1.165) is 17.8 Å². The zero-order valence-corrected chi connectivity index (χ0v) is 10.9. The normalized spacial score (nSPS) is 10.1. The quantitative estimate of drug-likeness (QED) is 0.671. The third-order valence-electron chi connectivity index (χ3n) is 2.69. The zero-order chi connectivity index (χ0) is 15.2. The fraction of sp³-hybridized carbons (Fsp3) is 0.154. The van der Waals surface area contributed by atoms with E-state index in [0.29, 0.717) is 13.0 Å². The number of aromatic carboxylic acids is 1. The lowest BCUT2D eigenvalue weighted by Crippen LogP contribution is -2.31. The minimum Gasteiger partial charge on any atom is -0.478 e. The molecule has 0 fully saturated rings. The van der Waals surface area contributed by atoms with Gasteiger partial charge in [-0.1, -0.05) is 0 Å². The molecule has 8 heteroatoms. The maximum atomic E-state index is 13.0. The van der Waals surface area contributed by atoms with Crippen LogP contribution in [0.2, 0.25) is 0 Å². The van der Waals surface area contributed by atoms with Gasteiger partial charge in [-0.05, 0) is 18.2 Å². The average Bonchev–Trinajstić information content (AvgIpc) is 2.94. The number of nitrogens with zero attached hydrogens (tertiary/aromatic N) is 1. The van der Waals surface area contributed by atoms with Crippen LogP contribution in [0.3, 0.4) is 0 Å². The highest BCUT2D eigenvalue weighted by atomic mass is 19.1. The highest BCUT2D eigenvalue weighted by Gasteiger charge is 2.13. The number of carbonyl (C=O) groups excluding carboxylic acids is 1. The molecule has 0 saturated carbocycles. The van der Waals surface area contributed by atoms with E-state index in [-0.39, 0.29) is 11.3 Å². The van der Waals surface area contributed by atoms with Crippen LogP contribution in [-0.2, 0) is 6.42 Å². The molecule has 1 heterocycles. The minimum absolute atomic E-state index is 0.0305. The lowest BCUT2D eigenvalue weighted by atomic mass is 10.2. The summed E-state index contributed by atoms with van der Waals surface area (Å²) in [5, 5.41) is 13.9. The number of imidazole rings is 1. The van der Waals surface area contributed by atoms with Crippen molar-refractivity contribution in [2.75, 3.05) is 11.9 Å². The monoisotopic (exact) mass is 292 g/mol. The number of urea groups is 1. The molecule has 0 unspecified atom stereocenters. The van der Waals surface area contributed by atoms with E-state index in [4.69, 9.17) is 5.11 Å². The van der Waals surface area contributed by atoms with Crippen LogP contribution >= 0.6 is 0 Å². The SMILES string of the molecule is O=C(NCCc1cnc[nH]1)Nc1ccc(F)cc1C(=O)O. The largest absolute Gasteiger partial charge is 0.478 e. The second-order valence-corrected chi connectivity index (χ2v) is 4.20. The van der Waals surface area contributed by atoms with Crippen molar-refractivity contribution in [2.45, 2.75) is 6.42 Å². The third-order valence-corrected chi connectivity index (χ3v) is 2.69. The number of amides is 2. The summed E-state index contributed by atoms with van der Waals surface area (Å²) in [5.41, 5.74) is 0.588. The van der Waals surface area contributed by atoms with Crippen LogP contribution in [0, 0.1) is 5.82 Å². The van der Waals surface area contributed by atoms with Crippen molar-refractivity contribution < 1.29 is 19.1 Å². The Balaban J connectivity index is 1.92. The van der Waals surface area contributed by atoms with E-state index >= 15 is 0 Å². The number of rotatable bonds is 5. The molecule has 4 N–H and O–H groups in total. The predicted octanol–water partition coefficient (Wildman–Crippen LogP) is 1.61. The molecule has 1 aromatic heterocycles. The van der Waals surface area contributed by atoms with Crippen LogP contribution < -0.4 is 10.6 Å². The maximum Gasteiger partial charge on any atom is 0.337 e. The van der Waals surface area contributed by atoms with Gasteiger partial charge in [0.25, 0.3) is 0 Å². The van der Waals surface area contributed by atoms with Crippen LogP contribution in [0.1, 0.15) is 16.1 Å². The molecule has 1 aromatic carbocycles. The number of aromatic amines is 1. The first kappa shape index (κ1) is 14.5. The summed E-state index contributed by atoms with van der Waals surface area (Å²) < 4.78 is 13.0. The van der Waals surface area contributed by atoms with Gasteiger partial charge in [-0.2, -0.15) is 0 Å². The number of H-pyrrole nitrogens is 1. The summed E-state index contributed by atoms with van der Waals surface area (Å²) in [5.74, 6) is -2.00. The number of hydrogen-bond acceptors (Lipinski definition) is 3. The Morgan fingerprint density at radius 1 is 1.38 bits per heavy atom. The fourth-order valence-electron chi connectivity index (χ4n) is 1.70. The lowest BCUT2D eigenvalue weighted by Gasteiger charge is -2.09. The smallest absolute Gasteiger partial charge is 0.337 e. The molecule has 7 nitrogen and oxygen atoms in total. The van der Waals surface area contributed by atoms with Crippen LogP contribution in [0.25, 0.3) is 0 Å². The summed E-state index contributed by atoms with van der Waals surface area (Å²) in [6.07, 6.45) is 3.73. The number of carbonyl (C=O) groups is 2. The average molecular weight is 292 g/mol. The minimum atomic E-state index is -1.32. The van der Waals surface area contributed by atoms with Crippen LogP contribution in [0.15, 0.2) is 30.7 Å². The van der Waals surface area contributed by atoms with E-state index in [1.54, 1.807) is 6.20 Å². The van der Waals surface area contributed by atoms with E-state index in [1.165, 1.54) is 12.4 Å². The molecule has 0 aliphatic carbocycles. The molecule has 21 heavy (non-hydrogen) atoms. The molecule has 2 rings (SSSR count). The van der Waals surface area contributed by atoms with E-state index in [9.17, 15) is 14.0 Å². The molecule has 2 amide bonds. The second kappa shape index (κ2) is 6.51. The molecule has 0 radical (unpaired) electrons. The van der Waals surface area contributed by atoms with Gasteiger partial charge < -0.3 is 20.7 Å². The van der Waals surface area contributed by atoms with Gasteiger partial charge in [0.05, 0.1) is 17.6 Å². The van der Waals surface area contributed by atoms with Crippen molar-refractivity contribution in [2.24, 2.45) is 0 Å². The molecular weight excluding hydrogens is 279 g/mol. The Labute approximate surface area is 119 Å². The highest BCUT2D eigenvalue weighted by molar-refractivity contribution is 5.99. The standard InChI is InChI=1S/C13H13FN4O3/c14-8-1-2-11(10(5-8)12(19)20)18-13(21)16-4-3-9-6-15-7-17-9/h1-2,5-7H,3-4H2,(H,15,17)(H,19,20)(H2,16,18,21). The number of halogens is 1. The molecule has 0 spiro atoms. The molecule has 110 valence electrons. The first-order valence-electron chi connectivity index (χ1n) is 6.11. The maximum absolute atomic E-state index is 13.0. The van der Waals surface area contributed by atoms with Crippen molar-refractivity contribution in [1.82, 2.24) is 15.3 Å². The van der Waals surface area contributed by atoms with Gasteiger partial charge in [-0.25, -0.2) is 19.0 Å². The van der Waals surface area contributed by atoms with Crippen molar-refractivity contribution in [3.05, 3.63) is 47.8 Å². The van der Waals surface area contributed by atoms with Crippen LogP contribution in [0.5, 0.6) is 0 Å². The first-order valence-corrected chi connectivity index (χ1v) is 6.11. The van der Waals surface area contributed by atoms with Gasteiger partial charge in [-0.3, -0.25) is 0 Å². The van der Waals surface area contributed by atoms with Gasteiger partial charge in [-0.15, -0.1) is 0 Å². The number of carboxylic acid groups (broad SMARTS) is 1. The molecule has 0 atom stereocenters. The topological polar surface area (TPSA) is 107 Å². The summed E-state index contributed by atoms with van der Waals surface area (Å²) >= 11 is 0. The number of aromatic nitrogens is 2. The number of carboxylic acids is 1. The summed E-state index contributed by atoms with van der Waals surface area (Å²) in [6, 6.07) is 2.56. The number of nitrogens with one attached hydrogen (secondary N) is 3. The van der Waals surface area contributed by atoms with Gasteiger partial charge >= 0.3 is 12.0 Å². The van der Waals surface area contributed by atoms with E-state index in [2.05, 4.69) is 20.6 Å². The summed E-state index contributed by atoms with van der Waals surface area (Å²) in [6.45, 7) is 0.345. The molecule has 0 aliphatic rings. The number of benzene rings is 1. The fourth-order valence-corrected chi connectivity index (χ4v) is 1.70. The van der Waals surface area contributed by atoms with Crippen LogP contribution in [-0.4, -0.2) is 33.6 Å². The molecule has 0 bridgehead atoms. The second-order valence-electron chi connectivity index (χ2n) is 4.20. The highest BCUT2D eigenvalue weighted by Crippen LogP contribution is 2.16. The van der Waals surface area contributed by atoms with Crippen molar-refractivity contribution >= 4 is 17.7 Å². The Kier molecular flexibility index (Phi) is 4.50. The summed E-state index contributed by atoms with van der Waals surface area (Å²) in [4.78, 5) is 29.4. The Bertz CT molecular complexity index is 643. The predicted molar refractivity (Wildman–Crippen MR) is 72.7 cm³/mol. The molecule has 0 saturated heterocycles. The third kappa shape index (κ3) is 4.03. The van der Waals surface area contributed by atoms with Gasteiger partial charge in [0, 0.05) is 24.9 Å². The number of anilines is 1. The summed E-state index contributed by atoms with van der Waals surface area (Å²) in [7, 11) is 0. The first-order chi connectivity index (χ1) is 10.1. The zero-order valence-electron chi connectivity index (χ0n) is 10.9.